The number of aromatic nitrogens is 3. The van der Waals surface area contributed by atoms with Gasteiger partial charge in [-0.3, -0.25) is 9.59 Å². The molecule has 0 atom stereocenters. The molecule has 2 aromatic heterocycles. The van der Waals surface area contributed by atoms with E-state index in [-0.39, 0.29) is 18.1 Å². The predicted molar refractivity (Wildman–Crippen MR) is 96.5 cm³/mol. The summed E-state index contributed by atoms with van der Waals surface area (Å²) in [6, 6.07) is 3.81. The van der Waals surface area contributed by atoms with Crippen LogP contribution in [-0.4, -0.2) is 32.2 Å². The van der Waals surface area contributed by atoms with Gasteiger partial charge in [0.2, 0.25) is 5.91 Å². The van der Waals surface area contributed by atoms with Crippen LogP contribution in [-0.2, 0) is 17.8 Å². The van der Waals surface area contributed by atoms with Gasteiger partial charge in [0.1, 0.15) is 5.82 Å². The zero-order valence-corrected chi connectivity index (χ0v) is 15.7. The second-order valence-corrected chi connectivity index (χ2v) is 8.22. The van der Waals surface area contributed by atoms with E-state index < -0.39 is 0 Å². The Kier molecular flexibility index (Phi) is 6.56. The molecule has 0 saturated carbocycles. The lowest BCUT2D eigenvalue weighted by molar-refractivity contribution is -0.118. The minimum Gasteiger partial charge on any atom is -0.370 e. The third kappa shape index (κ3) is 5.17. The van der Waals surface area contributed by atoms with Crippen LogP contribution < -0.4 is 5.73 Å². The summed E-state index contributed by atoms with van der Waals surface area (Å²) in [5.74, 6) is 1.21. The number of nitrogens with two attached hydrogens (primary N) is 1. The summed E-state index contributed by atoms with van der Waals surface area (Å²) < 4.78 is 1.99. The van der Waals surface area contributed by atoms with Gasteiger partial charge in [0.25, 0.3) is 0 Å². The molecular weight excluding hydrogens is 344 g/mol. The Bertz CT molecular complexity index is 721. The second-order valence-electron chi connectivity index (χ2n) is 5.99. The predicted octanol–water partition coefficient (Wildman–Crippen LogP) is 2.70. The van der Waals surface area contributed by atoms with Crippen LogP contribution >= 0.6 is 23.1 Å². The average Bonchev–Trinajstić information content (AvgIpc) is 3.09. The summed E-state index contributed by atoms with van der Waals surface area (Å²) >= 11 is 2.89. The number of hydrogen-bond donors (Lipinski definition) is 1. The fraction of sp³-hybridized carbons (Fsp3) is 0.500. The lowest BCUT2D eigenvalue weighted by Crippen LogP contribution is -2.15. The topological polar surface area (TPSA) is 90.9 Å². The normalized spacial score (nSPS) is 11.2. The Hall–Kier alpha value is -1.67. The molecule has 2 N–H and O–H groups in total. The molecule has 0 aliphatic rings. The van der Waals surface area contributed by atoms with Crippen molar-refractivity contribution in [3.63, 3.8) is 0 Å². The molecule has 0 fully saturated rings. The molecule has 0 saturated heterocycles. The zero-order valence-electron chi connectivity index (χ0n) is 14.1. The number of ketones is 1. The highest BCUT2D eigenvalue weighted by atomic mass is 32.2. The highest BCUT2D eigenvalue weighted by Gasteiger charge is 2.17. The molecule has 0 spiro atoms. The minimum atomic E-state index is -0.355. The highest BCUT2D eigenvalue weighted by molar-refractivity contribution is 7.99. The highest BCUT2D eigenvalue weighted by Crippen LogP contribution is 2.23. The van der Waals surface area contributed by atoms with Crippen LogP contribution in [0.3, 0.4) is 0 Å². The van der Waals surface area contributed by atoms with Crippen molar-refractivity contribution in [1.82, 2.24) is 14.8 Å². The van der Waals surface area contributed by atoms with E-state index in [9.17, 15) is 9.59 Å². The first-order valence-electron chi connectivity index (χ1n) is 7.79. The smallest absolute Gasteiger partial charge is 0.217 e. The van der Waals surface area contributed by atoms with Crippen molar-refractivity contribution in [2.24, 2.45) is 11.7 Å². The Morgan fingerprint density at radius 1 is 1.33 bits per heavy atom. The first-order valence-corrected chi connectivity index (χ1v) is 9.60. The van der Waals surface area contributed by atoms with Crippen molar-refractivity contribution in [3.05, 3.63) is 27.7 Å². The molecule has 0 unspecified atom stereocenters. The Morgan fingerprint density at radius 2 is 2.08 bits per heavy atom. The van der Waals surface area contributed by atoms with E-state index in [1.54, 1.807) is 0 Å². The maximum Gasteiger partial charge on any atom is 0.217 e. The molecule has 0 radical (unpaired) electrons. The summed E-state index contributed by atoms with van der Waals surface area (Å²) in [6.07, 6.45) is 0.710. The van der Waals surface area contributed by atoms with Crippen molar-refractivity contribution < 1.29 is 9.59 Å². The molecular formula is C16H22N4O2S2. The van der Waals surface area contributed by atoms with Gasteiger partial charge in [0.15, 0.2) is 10.9 Å². The quantitative estimate of drug-likeness (QED) is 0.544. The van der Waals surface area contributed by atoms with Crippen LogP contribution in [0.5, 0.6) is 0 Å². The molecule has 0 aromatic carbocycles. The van der Waals surface area contributed by atoms with E-state index in [0.29, 0.717) is 23.2 Å². The van der Waals surface area contributed by atoms with Gasteiger partial charge in [-0.15, -0.1) is 21.5 Å². The number of carbonyl (C=O) groups excluding carboxylic acids is 2. The maximum atomic E-state index is 12.3. The van der Waals surface area contributed by atoms with Crippen LogP contribution in [0.4, 0.5) is 0 Å². The molecule has 0 aliphatic carbocycles. The van der Waals surface area contributed by atoms with Crippen molar-refractivity contribution in [2.45, 2.75) is 45.3 Å². The number of carbonyl (C=O) groups is 2. The number of hydrogen-bond acceptors (Lipinski definition) is 6. The van der Waals surface area contributed by atoms with Crippen LogP contribution in [0.1, 0.15) is 40.6 Å². The van der Waals surface area contributed by atoms with Gasteiger partial charge in [-0.1, -0.05) is 25.6 Å². The van der Waals surface area contributed by atoms with Crippen LogP contribution in [0, 0.1) is 12.8 Å². The Labute approximate surface area is 149 Å². The van der Waals surface area contributed by atoms with Gasteiger partial charge in [-0.2, -0.15) is 0 Å². The van der Waals surface area contributed by atoms with E-state index in [2.05, 4.69) is 24.0 Å². The largest absolute Gasteiger partial charge is 0.370 e. The van der Waals surface area contributed by atoms with Crippen molar-refractivity contribution >= 4 is 34.8 Å². The first kappa shape index (κ1) is 18.7. The molecule has 24 heavy (non-hydrogen) atoms. The maximum absolute atomic E-state index is 12.3. The number of thioether (sulfide) groups is 1. The fourth-order valence-corrected chi connectivity index (χ4v) is 3.93. The summed E-state index contributed by atoms with van der Waals surface area (Å²) in [6.45, 7) is 6.94. The lowest BCUT2D eigenvalue weighted by Gasteiger charge is -2.11. The van der Waals surface area contributed by atoms with Gasteiger partial charge in [-0.25, -0.2) is 0 Å². The summed E-state index contributed by atoms with van der Waals surface area (Å²) in [5, 5.41) is 9.08. The molecule has 2 aromatic rings. The van der Waals surface area contributed by atoms with Crippen LogP contribution in [0.2, 0.25) is 0 Å². The number of aryl methyl sites for hydroxylation is 2. The van der Waals surface area contributed by atoms with Crippen molar-refractivity contribution in [3.8, 4) is 0 Å². The second kappa shape index (κ2) is 8.43. The van der Waals surface area contributed by atoms with E-state index >= 15 is 0 Å². The Morgan fingerprint density at radius 3 is 2.67 bits per heavy atom. The standard InChI is InChI=1S/C16H22N4O2S2/c1-10(2)8-20-15(7-6-14(17)22)18-19-16(20)23-9-12(21)13-5-4-11(3)24-13/h4-5,10H,6-9H2,1-3H3,(H2,17,22). The van der Waals surface area contributed by atoms with Crippen molar-refractivity contribution in [2.75, 3.05) is 5.75 Å². The van der Waals surface area contributed by atoms with E-state index in [1.807, 2.05) is 23.6 Å². The van der Waals surface area contributed by atoms with E-state index in [4.69, 9.17) is 5.73 Å². The van der Waals surface area contributed by atoms with Gasteiger partial charge in [-0.05, 0) is 25.0 Å². The molecule has 0 aliphatic heterocycles. The molecule has 1 amide bonds. The average molecular weight is 367 g/mol. The van der Waals surface area contributed by atoms with Crippen molar-refractivity contribution in [1.29, 1.82) is 0 Å². The molecule has 6 nitrogen and oxygen atoms in total. The zero-order chi connectivity index (χ0) is 17.7. The van der Waals surface area contributed by atoms with E-state index in [0.717, 1.165) is 22.1 Å². The first-order chi connectivity index (χ1) is 11.4. The molecule has 2 rings (SSSR count). The van der Waals surface area contributed by atoms with Crippen LogP contribution in [0.25, 0.3) is 0 Å². The number of rotatable bonds is 9. The molecule has 0 bridgehead atoms. The number of thiophene rings is 1. The summed E-state index contributed by atoms with van der Waals surface area (Å²) in [5.41, 5.74) is 5.22. The summed E-state index contributed by atoms with van der Waals surface area (Å²) in [4.78, 5) is 25.2. The van der Waals surface area contributed by atoms with Gasteiger partial charge < -0.3 is 10.3 Å². The summed E-state index contributed by atoms with van der Waals surface area (Å²) in [7, 11) is 0. The molecule has 2 heterocycles. The Balaban J connectivity index is 2.07. The number of primary amides is 1. The molecule has 8 heteroatoms. The number of amides is 1. The van der Waals surface area contributed by atoms with E-state index in [1.165, 1.54) is 23.1 Å². The SMILES string of the molecule is Cc1ccc(C(=O)CSc2nnc(CCC(N)=O)n2CC(C)C)s1. The fourth-order valence-electron chi connectivity index (χ4n) is 2.18. The number of Topliss-reactive ketones (excluding diaryl/α,β-unsaturated/α-hetero) is 1. The van der Waals surface area contributed by atoms with Gasteiger partial charge in [0.05, 0.1) is 10.6 Å². The lowest BCUT2D eigenvalue weighted by atomic mass is 10.2. The van der Waals surface area contributed by atoms with Gasteiger partial charge >= 0.3 is 0 Å². The minimum absolute atomic E-state index is 0.0934. The molecule has 130 valence electrons. The third-order valence-electron chi connectivity index (χ3n) is 3.28. The monoisotopic (exact) mass is 366 g/mol. The van der Waals surface area contributed by atoms with Gasteiger partial charge in [0, 0.05) is 24.3 Å². The van der Waals surface area contributed by atoms with Crippen LogP contribution in [0.15, 0.2) is 17.3 Å². The number of nitrogens with zero attached hydrogens (tertiary/aromatic N) is 3. The third-order valence-corrected chi connectivity index (χ3v) is 5.29.